The van der Waals surface area contributed by atoms with Crippen molar-refractivity contribution in [3.05, 3.63) is 5.01 Å². The number of aliphatic carboxylic acids is 1. The maximum absolute atomic E-state index is 10.7. The summed E-state index contributed by atoms with van der Waals surface area (Å²) in [6.07, 6.45) is 6.31. The van der Waals surface area contributed by atoms with Gasteiger partial charge in [-0.15, -0.1) is 10.2 Å². The molecule has 6 heteroatoms. The highest BCUT2D eigenvalue weighted by molar-refractivity contribution is 7.15. The second-order valence-corrected chi connectivity index (χ2v) is 5.91. The van der Waals surface area contributed by atoms with Gasteiger partial charge < -0.3 is 10.4 Å². The number of carbonyl (C=O) groups is 1. The summed E-state index contributed by atoms with van der Waals surface area (Å²) in [5.41, 5.74) is 0. The maximum Gasteiger partial charge on any atom is 0.308 e. The third kappa shape index (κ3) is 3.41. The molecule has 1 saturated carbocycles. The van der Waals surface area contributed by atoms with Crippen LogP contribution in [0.4, 0.5) is 5.13 Å². The molecule has 1 aromatic heterocycles. The zero-order valence-electron chi connectivity index (χ0n) is 10.6. The summed E-state index contributed by atoms with van der Waals surface area (Å²) in [4.78, 5) is 10.7. The molecule has 1 aliphatic rings. The summed E-state index contributed by atoms with van der Waals surface area (Å²) in [5, 5.41) is 22.0. The first-order valence-corrected chi connectivity index (χ1v) is 7.28. The molecule has 0 spiro atoms. The average molecular weight is 269 g/mol. The van der Waals surface area contributed by atoms with E-state index >= 15 is 0 Å². The van der Waals surface area contributed by atoms with Gasteiger partial charge in [0.2, 0.25) is 5.13 Å². The SMILES string of the molecule is CC(CNc1nnc(C2CCCCC2)s1)C(=O)O. The van der Waals surface area contributed by atoms with E-state index < -0.39 is 11.9 Å². The van der Waals surface area contributed by atoms with Crippen LogP contribution >= 0.6 is 11.3 Å². The van der Waals surface area contributed by atoms with Crippen LogP contribution in [0.2, 0.25) is 0 Å². The number of nitrogens with zero attached hydrogens (tertiary/aromatic N) is 2. The van der Waals surface area contributed by atoms with Gasteiger partial charge in [-0.25, -0.2) is 0 Å². The van der Waals surface area contributed by atoms with Crippen molar-refractivity contribution >= 4 is 22.4 Å². The van der Waals surface area contributed by atoms with Gasteiger partial charge in [-0.05, 0) is 12.8 Å². The fourth-order valence-electron chi connectivity index (χ4n) is 2.15. The van der Waals surface area contributed by atoms with Crippen molar-refractivity contribution in [1.29, 1.82) is 0 Å². The highest BCUT2D eigenvalue weighted by Crippen LogP contribution is 2.35. The van der Waals surface area contributed by atoms with Gasteiger partial charge in [0, 0.05) is 12.5 Å². The largest absolute Gasteiger partial charge is 0.481 e. The zero-order chi connectivity index (χ0) is 13.0. The minimum atomic E-state index is -0.792. The predicted octanol–water partition coefficient (Wildman–Crippen LogP) is 2.72. The van der Waals surface area contributed by atoms with Gasteiger partial charge in [0.1, 0.15) is 5.01 Å². The van der Waals surface area contributed by atoms with E-state index in [1.807, 2.05) is 0 Å². The summed E-state index contributed by atoms with van der Waals surface area (Å²) in [6, 6.07) is 0. The van der Waals surface area contributed by atoms with Gasteiger partial charge in [-0.2, -0.15) is 0 Å². The lowest BCUT2D eigenvalue weighted by molar-refractivity contribution is -0.140. The number of rotatable bonds is 5. The Labute approximate surface area is 111 Å². The van der Waals surface area contributed by atoms with E-state index in [2.05, 4.69) is 15.5 Å². The van der Waals surface area contributed by atoms with E-state index in [1.165, 1.54) is 32.1 Å². The van der Waals surface area contributed by atoms with Crippen molar-refractivity contribution in [2.45, 2.75) is 44.9 Å². The minimum absolute atomic E-state index is 0.397. The van der Waals surface area contributed by atoms with Crippen molar-refractivity contribution in [2.75, 3.05) is 11.9 Å². The number of carboxylic acid groups (broad SMARTS) is 1. The highest BCUT2D eigenvalue weighted by Gasteiger charge is 2.20. The minimum Gasteiger partial charge on any atom is -0.481 e. The van der Waals surface area contributed by atoms with Gasteiger partial charge in [0.25, 0.3) is 0 Å². The molecule has 1 aromatic rings. The third-order valence-corrected chi connectivity index (χ3v) is 4.42. The summed E-state index contributed by atoms with van der Waals surface area (Å²) in [6.45, 7) is 2.08. The number of hydrogen-bond donors (Lipinski definition) is 2. The van der Waals surface area contributed by atoms with Crippen LogP contribution < -0.4 is 5.32 Å². The Morgan fingerprint density at radius 3 is 2.83 bits per heavy atom. The van der Waals surface area contributed by atoms with Gasteiger partial charge in [-0.1, -0.05) is 37.5 Å². The van der Waals surface area contributed by atoms with Crippen LogP contribution in [-0.4, -0.2) is 27.8 Å². The Balaban J connectivity index is 1.87. The normalized spacial score (nSPS) is 18.5. The lowest BCUT2D eigenvalue weighted by Gasteiger charge is -2.18. The van der Waals surface area contributed by atoms with Gasteiger partial charge in [0.15, 0.2) is 0 Å². The maximum atomic E-state index is 10.7. The zero-order valence-corrected chi connectivity index (χ0v) is 11.4. The molecule has 1 heterocycles. The Bertz CT molecular complexity index is 402. The van der Waals surface area contributed by atoms with E-state index in [0.717, 1.165) is 10.1 Å². The summed E-state index contributed by atoms with van der Waals surface area (Å²) in [7, 11) is 0. The van der Waals surface area contributed by atoms with E-state index in [1.54, 1.807) is 18.3 Å². The molecule has 1 atom stereocenters. The van der Waals surface area contributed by atoms with E-state index in [9.17, 15) is 4.79 Å². The van der Waals surface area contributed by atoms with Gasteiger partial charge >= 0.3 is 5.97 Å². The predicted molar refractivity (Wildman–Crippen MR) is 71.0 cm³/mol. The molecule has 0 saturated heterocycles. The fraction of sp³-hybridized carbons (Fsp3) is 0.750. The van der Waals surface area contributed by atoms with Crippen LogP contribution in [-0.2, 0) is 4.79 Å². The number of aromatic nitrogens is 2. The molecule has 1 unspecified atom stereocenters. The second kappa shape index (κ2) is 6.13. The molecular weight excluding hydrogens is 250 g/mol. The van der Waals surface area contributed by atoms with Gasteiger partial charge in [-0.3, -0.25) is 4.79 Å². The molecule has 0 radical (unpaired) electrons. The summed E-state index contributed by atoms with van der Waals surface area (Å²) in [5.74, 6) is -0.643. The topological polar surface area (TPSA) is 75.1 Å². The van der Waals surface area contributed by atoms with E-state index in [-0.39, 0.29) is 0 Å². The molecule has 0 aromatic carbocycles. The first-order chi connectivity index (χ1) is 8.66. The second-order valence-electron chi connectivity index (χ2n) is 4.90. The first-order valence-electron chi connectivity index (χ1n) is 6.47. The van der Waals surface area contributed by atoms with E-state index in [4.69, 9.17) is 5.11 Å². The average Bonchev–Trinajstić information content (AvgIpc) is 2.85. The molecule has 18 heavy (non-hydrogen) atoms. The molecule has 1 aliphatic carbocycles. The Morgan fingerprint density at radius 2 is 2.17 bits per heavy atom. The van der Waals surface area contributed by atoms with Crippen molar-refractivity contribution in [2.24, 2.45) is 5.92 Å². The molecule has 100 valence electrons. The molecule has 0 bridgehead atoms. The Hall–Kier alpha value is -1.17. The summed E-state index contributed by atoms with van der Waals surface area (Å²) < 4.78 is 0. The third-order valence-electron chi connectivity index (χ3n) is 3.38. The quantitative estimate of drug-likeness (QED) is 0.859. The molecular formula is C12H19N3O2S. The van der Waals surface area contributed by atoms with Crippen LogP contribution in [0.3, 0.4) is 0 Å². The van der Waals surface area contributed by atoms with Crippen LogP contribution in [0.5, 0.6) is 0 Å². The van der Waals surface area contributed by atoms with Crippen molar-refractivity contribution in [3.8, 4) is 0 Å². The summed E-state index contributed by atoms with van der Waals surface area (Å²) >= 11 is 1.57. The highest BCUT2D eigenvalue weighted by atomic mass is 32.1. The number of carboxylic acids is 1. The van der Waals surface area contributed by atoms with Crippen LogP contribution in [0.15, 0.2) is 0 Å². The Morgan fingerprint density at radius 1 is 1.44 bits per heavy atom. The van der Waals surface area contributed by atoms with Crippen molar-refractivity contribution in [1.82, 2.24) is 10.2 Å². The number of hydrogen-bond acceptors (Lipinski definition) is 5. The monoisotopic (exact) mass is 269 g/mol. The molecule has 0 amide bonds. The first kappa shape index (κ1) is 13.3. The van der Waals surface area contributed by atoms with Crippen molar-refractivity contribution in [3.63, 3.8) is 0 Å². The molecule has 1 fully saturated rings. The lowest BCUT2D eigenvalue weighted by Crippen LogP contribution is -2.19. The standard InChI is InChI=1S/C12H19N3O2S/c1-8(11(16)17)7-13-12-15-14-10(18-12)9-5-3-2-4-6-9/h8-9H,2-7H2,1H3,(H,13,15)(H,16,17). The van der Waals surface area contributed by atoms with Crippen LogP contribution in [0.25, 0.3) is 0 Å². The Kier molecular flexibility index (Phi) is 4.52. The fourth-order valence-corrected chi connectivity index (χ4v) is 3.07. The van der Waals surface area contributed by atoms with Gasteiger partial charge in [0.05, 0.1) is 5.92 Å². The molecule has 2 N–H and O–H groups in total. The number of nitrogens with one attached hydrogen (secondary N) is 1. The van der Waals surface area contributed by atoms with Crippen LogP contribution in [0.1, 0.15) is 50.0 Å². The smallest absolute Gasteiger partial charge is 0.308 e. The van der Waals surface area contributed by atoms with Crippen LogP contribution in [0, 0.1) is 5.92 Å². The molecule has 5 nitrogen and oxygen atoms in total. The number of anilines is 1. The van der Waals surface area contributed by atoms with E-state index in [0.29, 0.717) is 12.5 Å². The molecule has 0 aliphatic heterocycles. The lowest BCUT2D eigenvalue weighted by atomic mass is 9.90. The van der Waals surface area contributed by atoms with Crippen molar-refractivity contribution < 1.29 is 9.90 Å². The molecule has 2 rings (SSSR count).